The van der Waals surface area contributed by atoms with E-state index in [1.54, 1.807) is 11.8 Å². The van der Waals surface area contributed by atoms with Gasteiger partial charge in [-0.25, -0.2) is 0 Å². The molecule has 0 bridgehead atoms. The molecule has 2 heterocycles. The zero-order chi connectivity index (χ0) is 19.4. The Morgan fingerprint density at radius 2 is 2.07 bits per heavy atom. The molecule has 1 aromatic carbocycles. The first-order valence-corrected chi connectivity index (χ1v) is 10.4. The fraction of sp³-hybridized carbons (Fsp3) is 0.261. The summed E-state index contributed by atoms with van der Waals surface area (Å²) in [7, 11) is 0. The van der Waals surface area contributed by atoms with Crippen LogP contribution in [0.25, 0.3) is 0 Å². The summed E-state index contributed by atoms with van der Waals surface area (Å²) >= 11 is 8.08. The molecule has 0 saturated carbocycles. The largest absolute Gasteiger partial charge is 0.353 e. The number of aromatic amines is 1. The van der Waals surface area contributed by atoms with Gasteiger partial charge in [0, 0.05) is 33.9 Å². The smallest absolute Gasteiger partial charge is 0.0810 e. The molecular weight excluding hydrogens is 372 g/mol. The van der Waals surface area contributed by atoms with Crippen LogP contribution in [0.1, 0.15) is 47.8 Å². The highest BCUT2D eigenvalue weighted by Crippen LogP contribution is 2.38. The minimum absolute atomic E-state index is 0.419. The van der Waals surface area contributed by atoms with Crippen molar-refractivity contribution in [1.82, 2.24) is 9.97 Å². The molecule has 2 aromatic heterocycles. The van der Waals surface area contributed by atoms with E-state index in [4.69, 9.17) is 11.6 Å². The number of H-pyrrole nitrogens is 1. The molecule has 0 atom stereocenters. The number of nitrogens with zero attached hydrogens (tertiary/aromatic N) is 1. The average Bonchev–Trinajstić information content (AvgIpc) is 2.91. The van der Waals surface area contributed by atoms with Crippen LogP contribution in [0.15, 0.2) is 65.2 Å². The van der Waals surface area contributed by atoms with Gasteiger partial charge in [0.05, 0.1) is 5.03 Å². The predicted octanol–water partition coefficient (Wildman–Crippen LogP) is 6.97. The quantitative estimate of drug-likeness (QED) is 0.437. The van der Waals surface area contributed by atoms with E-state index in [0.717, 1.165) is 28.5 Å². The van der Waals surface area contributed by atoms with E-state index in [1.165, 1.54) is 27.4 Å². The summed E-state index contributed by atoms with van der Waals surface area (Å²) in [6, 6.07) is 12.3. The third-order valence-electron chi connectivity index (χ3n) is 4.52. The standard InChI is InChI=1S/C23H25ClN2S/c1-5-8-17-11-18(24)13-20(12-17)27-23-22(15(2)3)21(16(4)26-23)14-19-9-6-7-10-25-19/h5-7,9-13,15,26H,1,8,14H2,2-4H3. The van der Waals surface area contributed by atoms with E-state index < -0.39 is 0 Å². The maximum Gasteiger partial charge on any atom is 0.0810 e. The molecule has 0 aliphatic rings. The Bertz CT molecular complexity index is 929. The van der Waals surface area contributed by atoms with Crippen molar-refractivity contribution in [3.05, 3.63) is 88.4 Å². The molecule has 0 radical (unpaired) electrons. The molecule has 0 amide bonds. The number of hydrogen-bond donors (Lipinski definition) is 1. The minimum atomic E-state index is 0.419. The number of aryl methyl sites for hydroxylation is 1. The first kappa shape index (κ1) is 19.8. The van der Waals surface area contributed by atoms with Gasteiger partial charge in [-0.05, 0) is 66.3 Å². The lowest BCUT2D eigenvalue weighted by molar-refractivity contribution is 0.823. The highest BCUT2D eigenvalue weighted by Gasteiger charge is 2.19. The van der Waals surface area contributed by atoms with Gasteiger partial charge in [0.2, 0.25) is 0 Å². The van der Waals surface area contributed by atoms with E-state index in [2.05, 4.69) is 49.5 Å². The fourth-order valence-electron chi connectivity index (χ4n) is 3.34. The number of allylic oxidation sites excluding steroid dienone is 1. The molecule has 0 aliphatic heterocycles. The van der Waals surface area contributed by atoms with Crippen LogP contribution in [-0.2, 0) is 12.8 Å². The zero-order valence-corrected chi connectivity index (χ0v) is 17.6. The van der Waals surface area contributed by atoms with Crippen molar-refractivity contribution in [2.45, 2.75) is 49.5 Å². The van der Waals surface area contributed by atoms with Crippen LogP contribution < -0.4 is 0 Å². The van der Waals surface area contributed by atoms with Gasteiger partial charge in [-0.15, -0.1) is 6.58 Å². The molecule has 1 N–H and O–H groups in total. The average molecular weight is 397 g/mol. The third-order valence-corrected chi connectivity index (χ3v) is 5.73. The first-order valence-electron chi connectivity index (χ1n) is 9.17. The molecule has 2 nitrogen and oxygen atoms in total. The summed E-state index contributed by atoms with van der Waals surface area (Å²) in [5.41, 5.74) is 6.20. The number of aromatic nitrogens is 2. The second kappa shape index (κ2) is 8.81. The van der Waals surface area contributed by atoms with Crippen molar-refractivity contribution in [1.29, 1.82) is 0 Å². The number of nitrogens with one attached hydrogen (secondary N) is 1. The summed E-state index contributed by atoms with van der Waals surface area (Å²) in [6.07, 6.45) is 5.42. The predicted molar refractivity (Wildman–Crippen MR) is 116 cm³/mol. The van der Waals surface area contributed by atoms with Gasteiger partial charge < -0.3 is 4.98 Å². The van der Waals surface area contributed by atoms with Crippen LogP contribution in [0.3, 0.4) is 0 Å². The zero-order valence-electron chi connectivity index (χ0n) is 16.1. The summed E-state index contributed by atoms with van der Waals surface area (Å²) in [5.74, 6) is 0.419. The molecule has 0 fully saturated rings. The first-order chi connectivity index (χ1) is 13.0. The fourth-order valence-corrected chi connectivity index (χ4v) is 4.96. The molecule has 0 aliphatic carbocycles. The highest BCUT2D eigenvalue weighted by atomic mass is 35.5. The minimum Gasteiger partial charge on any atom is -0.353 e. The van der Waals surface area contributed by atoms with E-state index in [-0.39, 0.29) is 0 Å². The van der Waals surface area contributed by atoms with Crippen molar-refractivity contribution in [2.24, 2.45) is 0 Å². The van der Waals surface area contributed by atoms with Crippen LogP contribution in [0.5, 0.6) is 0 Å². The van der Waals surface area contributed by atoms with Crippen molar-refractivity contribution in [2.75, 3.05) is 0 Å². The number of hydrogen-bond acceptors (Lipinski definition) is 2. The van der Waals surface area contributed by atoms with Crippen molar-refractivity contribution >= 4 is 23.4 Å². The van der Waals surface area contributed by atoms with Gasteiger partial charge in [0.1, 0.15) is 0 Å². The Hall–Kier alpha value is -1.97. The summed E-state index contributed by atoms with van der Waals surface area (Å²) in [5, 5.41) is 1.96. The van der Waals surface area contributed by atoms with Crippen molar-refractivity contribution < 1.29 is 0 Å². The summed E-state index contributed by atoms with van der Waals surface area (Å²) in [6.45, 7) is 10.5. The third kappa shape index (κ3) is 4.85. The second-order valence-corrected chi connectivity index (χ2v) is 8.53. The van der Waals surface area contributed by atoms with Crippen LogP contribution in [0.2, 0.25) is 5.02 Å². The normalized spacial score (nSPS) is 11.1. The van der Waals surface area contributed by atoms with Crippen LogP contribution in [-0.4, -0.2) is 9.97 Å². The molecule has 0 unspecified atom stereocenters. The molecule has 0 saturated heterocycles. The Balaban J connectivity index is 1.96. The second-order valence-electron chi connectivity index (χ2n) is 7.01. The summed E-state index contributed by atoms with van der Waals surface area (Å²) in [4.78, 5) is 9.26. The van der Waals surface area contributed by atoms with Gasteiger partial charge in [0.15, 0.2) is 0 Å². The topological polar surface area (TPSA) is 28.7 Å². The van der Waals surface area contributed by atoms with E-state index in [1.807, 2.05) is 36.5 Å². The Kier molecular flexibility index (Phi) is 6.46. The Morgan fingerprint density at radius 1 is 1.26 bits per heavy atom. The van der Waals surface area contributed by atoms with Gasteiger partial charge in [-0.2, -0.15) is 0 Å². The van der Waals surface area contributed by atoms with E-state index in [0.29, 0.717) is 5.92 Å². The number of pyridine rings is 1. The molecule has 3 rings (SSSR count). The molecule has 27 heavy (non-hydrogen) atoms. The Morgan fingerprint density at radius 3 is 2.74 bits per heavy atom. The number of halogens is 1. The van der Waals surface area contributed by atoms with Crippen LogP contribution in [0.4, 0.5) is 0 Å². The number of rotatable bonds is 7. The van der Waals surface area contributed by atoms with E-state index in [9.17, 15) is 0 Å². The van der Waals surface area contributed by atoms with E-state index >= 15 is 0 Å². The molecular formula is C23H25ClN2S. The monoisotopic (exact) mass is 396 g/mol. The summed E-state index contributed by atoms with van der Waals surface area (Å²) < 4.78 is 0. The van der Waals surface area contributed by atoms with Gasteiger partial charge in [-0.1, -0.05) is 49.4 Å². The van der Waals surface area contributed by atoms with Gasteiger partial charge in [0.25, 0.3) is 0 Å². The van der Waals surface area contributed by atoms with Crippen LogP contribution >= 0.6 is 23.4 Å². The lowest BCUT2D eigenvalue weighted by Crippen LogP contribution is -1.98. The number of benzene rings is 1. The molecule has 0 spiro atoms. The molecule has 140 valence electrons. The van der Waals surface area contributed by atoms with Gasteiger partial charge in [-0.3, -0.25) is 4.98 Å². The van der Waals surface area contributed by atoms with Crippen LogP contribution in [0, 0.1) is 6.92 Å². The highest BCUT2D eigenvalue weighted by molar-refractivity contribution is 7.99. The van der Waals surface area contributed by atoms with Crippen molar-refractivity contribution in [3.63, 3.8) is 0 Å². The molecule has 4 heteroatoms. The lowest BCUT2D eigenvalue weighted by atomic mass is 9.97. The maximum atomic E-state index is 6.33. The SMILES string of the molecule is C=CCc1cc(Cl)cc(Sc2[nH]c(C)c(Cc3ccccn3)c2C(C)C)c1. The maximum absolute atomic E-state index is 6.33. The van der Waals surface area contributed by atoms with Crippen molar-refractivity contribution in [3.8, 4) is 0 Å². The molecule has 3 aromatic rings. The van der Waals surface area contributed by atoms with Gasteiger partial charge >= 0.3 is 0 Å². The Labute approximate surface area is 171 Å². The lowest BCUT2D eigenvalue weighted by Gasteiger charge is -2.12.